The monoisotopic (exact) mass is 1010 g/mol. The molecule has 24 nitrogen and oxygen atoms in total. The lowest BCUT2D eigenvalue weighted by Crippen LogP contribution is -2.55. The number of imide groups is 1. The predicted molar refractivity (Wildman–Crippen MR) is 260 cm³/mol. The number of amides is 8. The van der Waals surface area contributed by atoms with Gasteiger partial charge in [0.1, 0.15) is 30.5 Å². The Kier molecular flexibility index (Phi) is 18.2. The number of esters is 1. The van der Waals surface area contributed by atoms with E-state index >= 15 is 0 Å². The van der Waals surface area contributed by atoms with Gasteiger partial charge in [-0.15, -0.1) is 0 Å². The maximum absolute atomic E-state index is 13.7. The number of pyridine rings is 2. The molecular formula is C49H62N10O14. The number of carbonyl (C=O) groups is 9. The molecule has 3 aliphatic heterocycles. The van der Waals surface area contributed by atoms with Crippen LogP contribution in [0.3, 0.4) is 0 Å². The first-order valence-corrected chi connectivity index (χ1v) is 24.0. The Morgan fingerprint density at radius 3 is 2.26 bits per heavy atom. The molecule has 0 bridgehead atoms. The van der Waals surface area contributed by atoms with Crippen molar-refractivity contribution < 1.29 is 62.5 Å². The van der Waals surface area contributed by atoms with Crippen LogP contribution in [0.2, 0.25) is 0 Å². The molecule has 6 rings (SSSR count). The molecule has 3 aliphatic rings. The van der Waals surface area contributed by atoms with Gasteiger partial charge in [0.2, 0.25) is 29.5 Å². The number of fused-ring (bicyclic) bond motifs is 5. The third-order valence-corrected chi connectivity index (χ3v) is 12.5. The molecule has 0 saturated carbocycles. The second kappa shape index (κ2) is 24.2. The van der Waals surface area contributed by atoms with Crippen LogP contribution >= 0.6 is 0 Å². The first-order chi connectivity index (χ1) is 34.8. The number of nitrogens with one attached hydrogen (secondary N) is 6. The molecule has 5 heterocycles. The Labute approximate surface area is 419 Å². The molecule has 0 unspecified atom stereocenters. The van der Waals surface area contributed by atoms with Crippen molar-refractivity contribution in [2.45, 2.75) is 103 Å². The van der Waals surface area contributed by atoms with Gasteiger partial charge in [-0.2, -0.15) is 0 Å². The zero-order valence-electron chi connectivity index (χ0n) is 41.6. The van der Waals surface area contributed by atoms with E-state index in [1.54, 1.807) is 25.1 Å². The van der Waals surface area contributed by atoms with Gasteiger partial charge in [-0.3, -0.25) is 43.3 Å². The Balaban J connectivity index is 0.997. The number of aromatic nitrogens is 2. The van der Waals surface area contributed by atoms with E-state index < -0.39 is 76.8 Å². The van der Waals surface area contributed by atoms with Gasteiger partial charge in [0, 0.05) is 93.5 Å². The van der Waals surface area contributed by atoms with Crippen LogP contribution in [0.4, 0.5) is 4.79 Å². The molecule has 0 saturated heterocycles. The summed E-state index contributed by atoms with van der Waals surface area (Å²) in [7, 11) is 5.22. The number of ether oxygens (including phenoxy) is 3. The number of hydrogen-bond donors (Lipinski definition) is 7. The second-order valence-corrected chi connectivity index (χ2v) is 18.1. The Bertz CT molecular complexity index is 2760. The Morgan fingerprint density at radius 2 is 1.56 bits per heavy atom. The third-order valence-electron chi connectivity index (χ3n) is 12.5. The topological polar surface area (TPSA) is 315 Å². The summed E-state index contributed by atoms with van der Waals surface area (Å²) in [4.78, 5) is 136. The minimum absolute atomic E-state index is 0.0109. The van der Waals surface area contributed by atoms with E-state index in [9.17, 15) is 53.1 Å². The maximum Gasteiger partial charge on any atom is 0.412 e. The second-order valence-electron chi connectivity index (χ2n) is 18.1. The third kappa shape index (κ3) is 13.1. The molecule has 8 amide bonds. The fourth-order valence-corrected chi connectivity index (χ4v) is 8.48. The average molecular weight is 1020 g/mol. The summed E-state index contributed by atoms with van der Waals surface area (Å²) in [5.74, 6) is -4.63. The van der Waals surface area contributed by atoms with Crippen LogP contribution in [0.1, 0.15) is 81.5 Å². The smallest absolute Gasteiger partial charge is 0.412 e. The van der Waals surface area contributed by atoms with Gasteiger partial charge in [-0.25, -0.2) is 14.6 Å². The van der Waals surface area contributed by atoms with E-state index in [0.717, 1.165) is 17.1 Å². The minimum atomic E-state index is -1.97. The predicted octanol–water partition coefficient (Wildman–Crippen LogP) is -0.522. The lowest BCUT2D eigenvalue weighted by atomic mass is 9.86. The van der Waals surface area contributed by atoms with E-state index in [4.69, 9.17) is 19.2 Å². The zero-order chi connectivity index (χ0) is 53.1. The zero-order valence-corrected chi connectivity index (χ0v) is 41.6. The number of cyclic esters (lactones) is 1. The Hall–Kier alpha value is -7.57. The normalized spacial score (nSPS) is 16.7. The number of hydrogen-bond acceptors (Lipinski definition) is 16. The number of nitrogens with zero attached hydrogens (tertiary/aromatic N) is 4. The van der Waals surface area contributed by atoms with Crippen LogP contribution in [-0.4, -0.2) is 150 Å². The number of methoxy groups -OCH3 is 1. The highest BCUT2D eigenvalue weighted by atomic mass is 16.6. The summed E-state index contributed by atoms with van der Waals surface area (Å²) >= 11 is 0. The van der Waals surface area contributed by atoms with Crippen molar-refractivity contribution in [3.8, 4) is 17.1 Å². The van der Waals surface area contributed by atoms with Gasteiger partial charge < -0.3 is 60.7 Å². The van der Waals surface area contributed by atoms with Gasteiger partial charge in [-0.05, 0) is 77.9 Å². The van der Waals surface area contributed by atoms with Crippen molar-refractivity contribution >= 4 is 64.3 Å². The molecule has 73 heavy (non-hydrogen) atoms. The van der Waals surface area contributed by atoms with Gasteiger partial charge in [0.15, 0.2) is 5.60 Å². The first-order valence-electron chi connectivity index (χ1n) is 24.0. The van der Waals surface area contributed by atoms with E-state index in [-0.39, 0.29) is 87.7 Å². The van der Waals surface area contributed by atoms with E-state index in [2.05, 4.69) is 31.9 Å². The highest BCUT2D eigenvalue weighted by Crippen LogP contribution is 2.40. The number of carbonyl (C=O) groups excluding carboxylic acids is 9. The molecular weight excluding hydrogens is 953 g/mol. The van der Waals surface area contributed by atoms with Crippen LogP contribution in [0.25, 0.3) is 22.3 Å². The molecule has 7 N–H and O–H groups in total. The fourth-order valence-electron chi connectivity index (χ4n) is 8.48. The first kappa shape index (κ1) is 54.8. The van der Waals surface area contributed by atoms with Crippen LogP contribution in [0.15, 0.2) is 41.2 Å². The van der Waals surface area contributed by atoms with Crippen LogP contribution in [0, 0.1) is 0 Å². The molecule has 4 atom stereocenters. The van der Waals surface area contributed by atoms with Crippen molar-refractivity contribution in [2.75, 3.05) is 54.0 Å². The fraction of sp³-hybridized carbons (Fsp3) is 0.490. The molecule has 3 aromatic rings. The largest absolute Gasteiger partial charge is 0.458 e. The van der Waals surface area contributed by atoms with Gasteiger partial charge in [0.05, 0.1) is 29.0 Å². The van der Waals surface area contributed by atoms with Crippen molar-refractivity contribution in [3.05, 3.63) is 69.0 Å². The van der Waals surface area contributed by atoms with Gasteiger partial charge >= 0.3 is 12.1 Å². The summed E-state index contributed by atoms with van der Waals surface area (Å²) < 4.78 is 17.4. The Morgan fingerprint density at radius 1 is 0.863 bits per heavy atom. The highest BCUT2D eigenvalue weighted by Gasteiger charge is 2.45. The van der Waals surface area contributed by atoms with E-state index in [1.807, 2.05) is 25.1 Å². The van der Waals surface area contributed by atoms with Crippen LogP contribution < -0.4 is 42.2 Å². The van der Waals surface area contributed by atoms with Gasteiger partial charge in [-0.1, -0.05) is 6.92 Å². The summed E-state index contributed by atoms with van der Waals surface area (Å²) in [6.45, 7) is 5.31. The lowest BCUT2D eigenvalue weighted by molar-refractivity contribution is -0.172. The van der Waals surface area contributed by atoms with Crippen molar-refractivity contribution in [2.24, 2.45) is 0 Å². The molecule has 24 heteroatoms. The summed E-state index contributed by atoms with van der Waals surface area (Å²) in [5, 5.41) is 27.4. The highest BCUT2D eigenvalue weighted by molar-refractivity contribution is 6.12. The van der Waals surface area contributed by atoms with E-state index in [0.29, 0.717) is 59.5 Å². The average Bonchev–Trinajstić information content (AvgIpc) is 3.88. The molecule has 0 spiro atoms. The molecule has 1 aromatic carbocycles. The standard InChI is InChI=1S/C49H62N10O14/c1-7-49(70)33-23-36-42-29(24-59(36)46(67)32(33)26-72-47(49)68)22-30-31(25-57(4)5)37(13-11-34(30)56-42)73-48(69)52-19-18-51-43(64)27(2)53-44(65)28(3)54-45(66)35(12-14-38(60)50-17-9-21-71-6)55-39(61)10-8-20-58-40(62)15-16-41(58)63/h11,13,15-16,22-23,27-28,35,70H,7-10,12,14,17-21,24-26H2,1-6H3,(H,50,60)(H,51,64)(H,52,69)(H,53,65)(H,54,66)(H,55,61)/t27-,28-,35-,49-/m0/s1. The van der Waals surface area contributed by atoms with Gasteiger partial charge in [0.25, 0.3) is 17.4 Å². The van der Waals surface area contributed by atoms with Crippen LogP contribution in [0.5, 0.6) is 5.75 Å². The maximum atomic E-state index is 13.7. The lowest BCUT2D eigenvalue weighted by Gasteiger charge is -2.31. The molecule has 0 fully saturated rings. The number of benzene rings is 1. The number of rotatable bonds is 24. The molecule has 2 aromatic heterocycles. The summed E-state index contributed by atoms with van der Waals surface area (Å²) in [5.41, 5.74) is 0.916. The van der Waals surface area contributed by atoms with Crippen molar-refractivity contribution in [1.82, 2.24) is 51.3 Å². The van der Waals surface area contributed by atoms with E-state index in [1.165, 1.54) is 25.5 Å². The summed E-state index contributed by atoms with van der Waals surface area (Å²) in [6.07, 6.45) is 1.72. The molecule has 0 aliphatic carbocycles. The number of aliphatic hydroxyl groups is 1. The molecule has 0 radical (unpaired) electrons. The molecule has 392 valence electrons. The van der Waals surface area contributed by atoms with Crippen molar-refractivity contribution in [1.29, 1.82) is 0 Å². The SMILES string of the molecule is CC[C@@]1(O)C(=O)OCc2c1cc1n(c2=O)Cc2cc3c(CN(C)C)c(OC(=O)NCCNC(=O)[C@H](C)NC(=O)[C@H](C)NC(=O)[C@H](CCC(=O)NCCCOC)NC(=O)CCCN4C(=O)C=CC4=O)ccc3nc2-1. The minimum Gasteiger partial charge on any atom is -0.458 e. The van der Waals surface area contributed by atoms with Crippen molar-refractivity contribution in [3.63, 3.8) is 0 Å². The quantitative estimate of drug-likeness (QED) is 0.0264. The van der Waals surface area contributed by atoms with Crippen LogP contribution in [-0.2, 0) is 73.1 Å². The summed E-state index contributed by atoms with van der Waals surface area (Å²) in [6, 6.07) is 3.28.